The van der Waals surface area contributed by atoms with E-state index in [0.29, 0.717) is 5.56 Å². The molecule has 166 valence electrons. The first-order valence-electron chi connectivity index (χ1n) is 11.3. The van der Waals surface area contributed by atoms with E-state index < -0.39 is 12.0 Å². The predicted molar refractivity (Wildman–Crippen MR) is 131 cm³/mol. The van der Waals surface area contributed by atoms with Gasteiger partial charge in [0.15, 0.2) is 0 Å². The lowest BCUT2D eigenvalue weighted by molar-refractivity contribution is -0.119. The molecule has 5 heteroatoms. The largest absolute Gasteiger partial charge is 0.350 e. The summed E-state index contributed by atoms with van der Waals surface area (Å²) in [6.45, 7) is 2.09. The fraction of sp³-hybridized carbons (Fsp3) is 0.214. The van der Waals surface area contributed by atoms with Crippen LogP contribution < -0.4 is 5.32 Å². The van der Waals surface area contributed by atoms with Crippen LogP contribution in [0.4, 0.5) is 5.69 Å². The van der Waals surface area contributed by atoms with Crippen molar-refractivity contribution in [3.63, 3.8) is 0 Å². The van der Waals surface area contributed by atoms with Gasteiger partial charge in [-0.3, -0.25) is 9.59 Å². The number of fused-ring (bicyclic) bond motifs is 2. The number of anilines is 1. The number of aromatic nitrogens is 1. The minimum atomic E-state index is -0.542. The van der Waals surface area contributed by atoms with Gasteiger partial charge in [-0.2, -0.15) is 0 Å². The fourth-order valence-electron chi connectivity index (χ4n) is 5.04. The summed E-state index contributed by atoms with van der Waals surface area (Å²) in [6, 6.07) is 23.1. The number of nitrogens with one attached hydrogen (secondary N) is 1. The molecule has 0 bridgehead atoms. The van der Waals surface area contributed by atoms with Crippen LogP contribution in [-0.2, 0) is 18.3 Å². The zero-order valence-corrected chi connectivity index (χ0v) is 19.1. The Morgan fingerprint density at radius 2 is 1.70 bits per heavy atom. The summed E-state index contributed by atoms with van der Waals surface area (Å²) < 4.78 is 2.06. The highest BCUT2D eigenvalue weighted by molar-refractivity contribution is 6.05. The molecule has 33 heavy (non-hydrogen) atoms. The van der Waals surface area contributed by atoms with Crippen molar-refractivity contribution in [2.24, 2.45) is 7.05 Å². The van der Waals surface area contributed by atoms with Crippen molar-refractivity contribution >= 4 is 28.4 Å². The highest BCUT2D eigenvalue weighted by atomic mass is 16.2. The molecule has 1 aliphatic heterocycles. The molecule has 5 rings (SSSR count). The Hall–Kier alpha value is -3.86. The van der Waals surface area contributed by atoms with E-state index >= 15 is 0 Å². The Morgan fingerprint density at radius 1 is 0.939 bits per heavy atom. The molecule has 4 aromatic rings. The molecule has 1 N–H and O–H groups in total. The molecular formula is C28H27N3O2. The Kier molecular flexibility index (Phi) is 5.25. The maximum atomic E-state index is 13.9. The zero-order valence-electron chi connectivity index (χ0n) is 19.1. The van der Waals surface area contributed by atoms with Crippen molar-refractivity contribution in [1.29, 1.82) is 0 Å². The molecule has 0 aliphatic carbocycles. The third kappa shape index (κ3) is 3.50. The standard InChI is InChI=1S/C28H27N3O2/c1-4-18-10-9-11-19(16-18)29-27(32)25-21-13-5-6-14-22(21)28(33)31(3)26(25)23-17-30(2)24-15-8-7-12-20(23)24/h5-17,25-26H,4H2,1-3H3,(H,29,32)/t25-,26+/m1/s1. The molecule has 0 saturated carbocycles. The SMILES string of the molecule is CCc1cccc(NC(=O)[C@@H]2c3ccccc3C(=O)N(C)[C@H]2c2cn(C)c3ccccc23)c1. The third-order valence-electron chi connectivity index (χ3n) is 6.71. The van der Waals surface area contributed by atoms with Crippen molar-refractivity contribution in [3.8, 4) is 0 Å². The maximum absolute atomic E-state index is 13.9. The van der Waals surface area contributed by atoms with Crippen LogP contribution in [0.3, 0.4) is 0 Å². The van der Waals surface area contributed by atoms with Crippen LogP contribution in [0, 0.1) is 0 Å². The van der Waals surface area contributed by atoms with E-state index in [1.54, 1.807) is 11.9 Å². The Morgan fingerprint density at radius 3 is 2.52 bits per heavy atom. The van der Waals surface area contributed by atoms with E-state index in [4.69, 9.17) is 0 Å². The normalized spacial score (nSPS) is 17.8. The van der Waals surface area contributed by atoms with Crippen LogP contribution in [0.2, 0.25) is 0 Å². The summed E-state index contributed by atoms with van der Waals surface area (Å²) in [5.74, 6) is -0.728. The van der Waals surface area contributed by atoms with Crippen molar-refractivity contribution in [3.05, 3.63) is 101 Å². The number of nitrogens with zero attached hydrogens (tertiary/aromatic N) is 2. The van der Waals surface area contributed by atoms with Gasteiger partial charge >= 0.3 is 0 Å². The highest BCUT2D eigenvalue weighted by Crippen LogP contribution is 2.44. The van der Waals surface area contributed by atoms with Gasteiger partial charge in [-0.05, 0) is 41.8 Å². The molecule has 5 nitrogen and oxygen atoms in total. The van der Waals surface area contributed by atoms with Crippen LogP contribution in [0.1, 0.15) is 45.9 Å². The van der Waals surface area contributed by atoms with E-state index in [0.717, 1.165) is 39.7 Å². The lowest BCUT2D eigenvalue weighted by Gasteiger charge is -2.39. The monoisotopic (exact) mass is 437 g/mol. The van der Waals surface area contributed by atoms with Gasteiger partial charge < -0.3 is 14.8 Å². The molecule has 0 unspecified atom stereocenters. The second kappa shape index (κ2) is 8.24. The van der Waals surface area contributed by atoms with Gasteiger partial charge in [-0.25, -0.2) is 0 Å². The van der Waals surface area contributed by atoms with Gasteiger partial charge in [-0.15, -0.1) is 0 Å². The lowest BCUT2D eigenvalue weighted by Crippen LogP contribution is -2.44. The van der Waals surface area contributed by atoms with Gasteiger partial charge in [0.05, 0.1) is 12.0 Å². The van der Waals surface area contributed by atoms with Gasteiger partial charge in [0, 0.05) is 48.0 Å². The van der Waals surface area contributed by atoms with Crippen molar-refractivity contribution in [2.45, 2.75) is 25.3 Å². The third-order valence-corrected chi connectivity index (χ3v) is 6.71. The number of aryl methyl sites for hydroxylation is 2. The molecule has 1 aliphatic rings. The molecule has 2 atom stereocenters. The summed E-state index contributed by atoms with van der Waals surface area (Å²) in [6.07, 6.45) is 2.94. The number of benzene rings is 3. The van der Waals surface area contributed by atoms with E-state index in [1.165, 1.54) is 0 Å². The van der Waals surface area contributed by atoms with E-state index in [-0.39, 0.29) is 11.8 Å². The minimum absolute atomic E-state index is 0.0689. The summed E-state index contributed by atoms with van der Waals surface area (Å²) in [5.41, 5.74) is 5.33. The van der Waals surface area contributed by atoms with E-state index in [9.17, 15) is 9.59 Å². The molecular weight excluding hydrogens is 410 g/mol. The van der Waals surface area contributed by atoms with Crippen LogP contribution >= 0.6 is 0 Å². The smallest absolute Gasteiger partial charge is 0.254 e. The molecule has 2 amide bonds. The van der Waals surface area contributed by atoms with Gasteiger partial charge in [0.25, 0.3) is 5.91 Å². The number of rotatable bonds is 4. The molecule has 0 saturated heterocycles. The first-order valence-corrected chi connectivity index (χ1v) is 11.3. The van der Waals surface area contributed by atoms with Crippen LogP contribution in [0.15, 0.2) is 79.0 Å². The van der Waals surface area contributed by atoms with Gasteiger partial charge in [0.1, 0.15) is 0 Å². The summed E-state index contributed by atoms with van der Waals surface area (Å²) in [4.78, 5) is 28.9. The molecule has 2 heterocycles. The number of amides is 2. The molecule has 0 fully saturated rings. The number of likely N-dealkylation sites (N-methyl/N-ethyl adjacent to an activating group) is 1. The Bertz CT molecular complexity index is 1370. The predicted octanol–water partition coefficient (Wildman–Crippen LogP) is 5.29. The number of carbonyl (C=O) groups is 2. The van der Waals surface area contributed by atoms with Crippen LogP contribution in [-0.4, -0.2) is 28.3 Å². The number of para-hydroxylation sites is 1. The highest BCUT2D eigenvalue weighted by Gasteiger charge is 2.43. The van der Waals surface area contributed by atoms with Crippen molar-refractivity contribution in [2.75, 3.05) is 12.4 Å². The topological polar surface area (TPSA) is 54.3 Å². The number of carbonyl (C=O) groups excluding carboxylic acids is 2. The number of hydrogen-bond donors (Lipinski definition) is 1. The molecule has 0 radical (unpaired) electrons. The fourth-order valence-corrected chi connectivity index (χ4v) is 5.04. The minimum Gasteiger partial charge on any atom is -0.350 e. The molecule has 0 spiro atoms. The Labute approximate surface area is 193 Å². The van der Waals surface area contributed by atoms with Gasteiger partial charge in [0.2, 0.25) is 5.91 Å². The lowest BCUT2D eigenvalue weighted by atomic mass is 9.79. The molecule has 1 aromatic heterocycles. The zero-order chi connectivity index (χ0) is 23.1. The maximum Gasteiger partial charge on any atom is 0.254 e. The van der Waals surface area contributed by atoms with E-state index in [2.05, 4.69) is 35.0 Å². The van der Waals surface area contributed by atoms with Gasteiger partial charge in [-0.1, -0.05) is 55.5 Å². The second-order valence-electron chi connectivity index (χ2n) is 8.68. The van der Waals surface area contributed by atoms with Crippen LogP contribution in [0.5, 0.6) is 0 Å². The molecule has 3 aromatic carbocycles. The van der Waals surface area contributed by atoms with Crippen LogP contribution in [0.25, 0.3) is 10.9 Å². The van der Waals surface area contributed by atoms with Crippen molar-refractivity contribution in [1.82, 2.24) is 9.47 Å². The van der Waals surface area contributed by atoms with E-state index in [1.807, 2.05) is 67.8 Å². The number of hydrogen-bond acceptors (Lipinski definition) is 2. The summed E-state index contributed by atoms with van der Waals surface area (Å²) in [7, 11) is 3.79. The first kappa shape index (κ1) is 21.0. The van der Waals surface area contributed by atoms with Crippen molar-refractivity contribution < 1.29 is 9.59 Å². The summed E-state index contributed by atoms with van der Waals surface area (Å²) in [5, 5.41) is 4.18. The first-order chi connectivity index (χ1) is 16.0. The summed E-state index contributed by atoms with van der Waals surface area (Å²) >= 11 is 0. The average molecular weight is 438 g/mol. The average Bonchev–Trinajstić information content (AvgIpc) is 3.17. The Balaban J connectivity index is 1.66. The quantitative estimate of drug-likeness (QED) is 0.472. The second-order valence-corrected chi connectivity index (χ2v) is 8.68.